The summed E-state index contributed by atoms with van der Waals surface area (Å²) in [5, 5.41) is 12.3. The van der Waals surface area contributed by atoms with Gasteiger partial charge in [0.1, 0.15) is 0 Å². The van der Waals surface area contributed by atoms with Gasteiger partial charge in [0, 0.05) is 27.5 Å². The summed E-state index contributed by atoms with van der Waals surface area (Å²) in [5.41, 5.74) is 3.05. The van der Waals surface area contributed by atoms with Gasteiger partial charge in [-0.3, -0.25) is 0 Å². The van der Waals surface area contributed by atoms with Crippen LogP contribution in [0.4, 0.5) is 0 Å². The molecule has 0 spiro atoms. The first-order chi connectivity index (χ1) is 8.34. The highest BCUT2D eigenvalue weighted by atomic mass is 32.1. The third-order valence-electron chi connectivity index (χ3n) is 2.77. The number of allylic oxidation sites excluding steroid dienone is 4. The van der Waals surface area contributed by atoms with Crippen molar-refractivity contribution in [2.45, 2.75) is 6.42 Å². The summed E-state index contributed by atoms with van der Waals surface area (Å²) < 4.78 is 0. The average Bonchev–Trinajstić information content (AvgIpc) is 3.02. The normalized spacial score (nSPS) is 15.6. The zero-order valence-corrected chi connectivity index (χ0v) is 10.8. The number of rotatable bonds is 2. The SMILES string of the molecule is N=C1CC(c2cccs2)=CC=C1c1cccs1. The molecule has 0 amide bonds. The van der Waals surface area contributed by atoms with E-state index in [1.165, 1.54) is 15.3 Å². The molecule has 1 aliphatic carbocycles. The monoisotopic (exact) mass is 257 g/mol. The maximum atomic E-state index is 8.16. The quantitative estimate of drug-likeness (QED) is 0.806. The van der Waals surface area contributed by atoms with Gasteiger partial charge < -0.3 is 5.41 Å². The summed E-state index contributed by atoms with van der Waals surface area (Å²) >= 11 is 3.43. The highest BCUT2D eigenvalue weighted by molar-refractivity contribution is 7.11. The van der Waals surface area contributed by atoms with E-state index in [0.29, 0.717) is 0 Å². The molecule has 0 atom stereocenters. The highest BCUT2D eigenvalue weighted by Crippen LogP contribution is 2.32. The van der Waals surface area contributed by atoms with Gasteiger partial charge in [0.05, 0.1) is 0 Å². The van der Waals surface area contributed by atoms with Gasteiger partial charge in [-0.05, 0) is 28.5 Å². The molecule has 0 saturated carbocycles. The van der Waals surface area contributed by atoms with Crippen LogP contribution in [0.15, 0.2) is 47.2 Å². The largest absolute Gasteiger partial charge is 0.304 e. The van der Waals surface area contributed by atoms with Crippen LogP contribution in [0.25, 0.3) is 11.1 Å². The molecule has 3 heteroatoms. The zero-order valence-electron chi connectivity index (χ0n) is 9.14. The van der Waals surface area contributed by atoms with E-state index in [4.69, 9.17) is 5.41 Å². The number of thiophene rings is 2. The molecule has 0 unspecified atom stereocenters. The van der Waals surface area contributed by atoms with Gasteiger partial charge in [-0.15, -0.1) is 22.7 Å². The minimum absolute atomic E-state index is 0.721. The molecule has 0 radical (unpaired) electrons. The van der Waals surface area contributed by atoms with E-state index < -0.39 is 0 Å². The Labute approximate surface area is 108 Å². The second kappa shape index (κ2) is 4.43. The summed E-state index contributed by atoms with van der Waals surface area (Å²) in [4.78, 5) is 2.47. The first-order valence-electron chi connectivity index (χ1n) is 5.41. The Balaban J connectivity index is 1.97. The van der Waals surface area contributed by atoms with Crippen molar-refractivity contribution in [2.24, 2.45) is 0 Å². The zero-order chi connectivity index (χ0) is 11.7. The topological polar surface area (TPSA) is 23.9 Å². The van der Waals surface area contributed by atoms with Gasteiger partial charge in [0.15, 0.2) is 0 Å². The minimum atomic E-state index is 0.721. The van der Waals surface area contributed by atoms with Gasteiger partial charge in [0.2, 0.25) is 0 Å². The molecule has 17 heavy (non-hydrogen) atoms. The van der Waals surface area contributed by atoms with E-state index in [1.807, 2.05) is 6.07 Å². The third-order valence-corrected chi connectivity index (χ3v) is 4.62. The van der Waals surface area contributed by atoms with E-state index in [9.17, 15) is 0 Å². The van der Waals surface area contributed by atoms with E-state index >= 15 is 0 Å². The van der Waals surface area contributed by atoms with Crippen molar-refractivity contribution < 1.29 is 0 Å². The van der Waals surface area contributed by atoms with Crippen LogP contribution in [0.2, 0.25) is 0 Å². The molecule has 0 fully saturated rings. The number of nitrogens with one attached hydrogen (secondary N) is 1. The van der Waals surface area contributed by atoms with Crippen molar-refractivity contribution in [3.05, 3.63) is 56.9 Å². The van der Waals surface area contributed by atoms with Crippen LogP contribution in [-0.2, 0) is 0 Å². The Morgan fingerprint density at radius 1 is 0.941 bits per heavy atom. The van der Waals surface area contributed by atoms with E-state index in [1.54, 1.807) is 22.7 Å². The summed E-state index contributed by atoms with van der Waals surface area (Å²) in [5.74, 6) is 0. The van der Waals surface area contributed by atoms with E-state index in [0.717, 1.165) is 17.7 Å². The van der Waals surface area contributed by atoms with E-state index in [-0.39, 0.29) is 0 Å². The summed E-state index contributed by atoms with van der Waals surface area (Å²) in [6.45, 7) is 0. The van der Waals surface area contributed by atoms with Crippen LogP contribution in [0.5, 0.6) is 0 Å². The van der Waals surface area contributed by atoms with Gasteiger partial charge in [-0.25, -0.2) is 0 Å². The molecule has 3 rings (SSSR count). The van der Waals surface area contributed by atoms with E-state index in [2.05, 4.69) is 41.1 Å². The van der Waals surface area contributed by atoms with Crippen molar-refractivity contribution in [2.75, 3.05) is 0 Å². The Morgan fingerprint density at radius 3 is 2.24 bits per heavy atom. The third kappa shape index (κ3) is 2.04. The molecular formula is C14H11NS2. The van der Waals surface area contributed by atoms with Gasteiger partial charge in [0.25, 0.3) is 0 Å². The Bertz CT molecular complexity index is 586. The maximum absolute atomic E-state index is 8.16. The fourth-order valence-corrected chi connectivity index (χ4v) is 3.45. The molecule has 1 N–H and O–H groups in total. The number of hydrogen-bond acceptors (Lipinski definition) is 3. The molecule has 0 aliphatic heterocycles. The second-order valence-corrected chi connectivity index (χ2v) is 5.78. The second-order valence-electron chi connectivity index (χ2n) is 3.88. The van der Waals surface area contributed by atoms with Crippen molar-refractivity contribution in [1.82, 2.24) is 0 Å². The lowest BCUT2D eigenvalue weighted by Crippen LogP contribution is -2.04. The fourth-order valence-electron chi connectivity index (χ4n) is 1.92. The first kappa shape index (κ1) is 10.7. The van der Waals surface area contributed by atoms with Gasteiger partial charge in [-0.1, -0.05) is 24.3 Å². The molecule has 2 aromatic heterocycles. The molecule has 2 aromatic rings. The van der Waals surface area contributed by atoms with Crippen LogP contribution >= 0.6 is 22.7 Å². The van der Waals surface area contributed by atoms with Crippen LogP contribution < -0.4 is 0 Å². The molecule has 1 aliphatic rings. The molecule has 84 valence electrons. The smallest absolute Gasteiger partial charge is 0.0444 e. The molecule has 0 saturated heterocycles. The predicted octanol–water partition coefficient (Wildman–Crippen LogP) is 4.70. The molecule has 2 heterocycles. The van der Waals surface area contributed by atoms with Crippen LogP contribution in [0, 0.1) is 5.41 Å². The standard InChI is InChI=1S/C14H11NS2/c15-12-9-10(13-3-1-7-16-13)5-6-11(12)14-4-2-8-17-14/h1-8,15H,9H2. The summed E-state index contributed by atoms with van der Waals surface area (Å²) in [6.07, 6.45) is 4.97. The van der Waals surface area contributed by atoms with Crippen molar-refractivity contribution in [3.63, 3.8) is 0 Å². The highest BCUT2D eigenvalue weighted by Gasteiger charge is 2.16. The van der Waals surface area contributed by atoms with Gasteiger partial charge in [-0.2, -0.15) is 0 Å². The average molecular weight is 257 g/mol. The minimum Gasteiger partial charge on any atom is -0.304 e. The van der Waals surface area contributed by atoms with Gasteiger partial charge >= 0.3 is 0 Å². The van der Waals surface area contributed by atoms with Crippen LogP contribution in [0.1, 0.15) is 16.2 Å². The van der Waals surface area contributed by atoms with Crippen molar-refractivity contribution >= 4 is 39.5 Å². The number of hydrogen-bond donors (Lipinski definition) is 1. The Kier molecular flexibility index (Phi) is 2.79. The summed E-state index contributed by atoms with van der Waals surface area (Å²) in [7, 11) is 0. The van der Waals surface area contributed by atoms with Crippen LogP contribution in [0.3, 0.4) is 0 Å². The Morgan fingerprint density at radius 2 is 1.65 bits per heavy atom. The van der Waals surface area contributed by atoms with Crippen LogP contribution in [-0.4, -0.2) is 5.71 Å². The molecular weight excluding hydrogens is 246 g/mol. The summed E-state index contributed by atoms with van der Waals surface area (Å²) in [6, 6.07) is 8.29. The lowest BCUT2D eigenvalue weighted by molar-refractivity contribution is 1.39. The van der Waals surface area contributed by atoms with Crippen molar-refractivity contribution in [1.29, 1.82) is 5.41 Å². The fraction of sp³-hybridized carbons (Fsp3) is 0.0714. The first-order valence-corrected chi connectivity index (χ1v) is 7.17. The molecule has 0 bridgehead atoms. The maximum Gasteiger partial charge on any atom is 0.0444 e. The Hall–Kier alpha value is -1.45. The molecule has 1 nitrogen and oxygen atoms in total. The molecule has 0 aromatic carbocycles. The predicted molar refractivity (Wildman–Crippen MR) is 76.9 cm³/mol. The lowest BCUT2D eigenvalue weighted by atomic mass is 9.94. The lowest BCUT2D eigenvalue weighted by Gasteiger charge is -2.14. The van der Waals surface area contributed by atoms with Crippen molar-refractivity contribution in [3.8, 4) is 0 Å².